The van der Waals surface area contributed by atoms with Crippen LogP contribution in [0, 0.1) is 5.82 Å². The van der Waals surface area contributed by atoms with Gasteiger partial charge in [0.15, 0.2) is 18.2 Å². The van der Waals surface area contributed by atoms with Gasteiger partial charge in [0.05, 0.1) is 0 Å². The molecule has 0 aliphatic heterocycles. The second-order valence-corrected chi connectivity index (χ2v) is 5.75. The molecule has 5 heteroatoms. The number of benzene rings is 1. The molecule has 1 aliphatic rings. The largest absolute Gasteiger partial charge is 0.480 e. The maximum atomic E-state index is 13.9. The van der Waals surface area contributed by atoms with E-state index < -0.39 is 5.82 Å². The number of carbonyl (C=O) groups excluding carboxylic acids is 1. The van der Waals surface area contributed by atoms with Crippen molar-refractivity contribution in [1.82, 2.24) is 5.32 Å². The van der Waals surface area contributed by atoms with Gasteiger partial charge in [-0.25, -0.2) is 4.39 Å². The first-order chi connectivity index (χ1) is 10.1. The predicted octanol–water partition coefficient (Wildman–Crippen LogP) is 2.15. The number of halogens is 1. The Hall–Kier alpha value is -1.62. The molecule has 3 N–H and O–H groups in total. The van der Waals surface area contributed by atoms with Crippen molar-refractivity contribution in [2.45, 2.75) is 51.1 Å². The Morgan fingerprint density at radius 2 is 2.19 bits per heavy atom. The van der Waals surface area contributed by atoms with Gasteiger partial charge in [-0.2, -0.15) is 0 Å². The van der Waals surface area contributed by atoms with Crippen LogP contribution in [0.25, 0.3) is 0 Å². The van der Waals surface area contributed by atoms with Crippen LogP contribution in [-0.4, -0.2) is 24.6 Å². The zero-order valence-corrected chi connectivity index (χ0v) is 12.4. The Morgan fingerprint density at radius 1 is 1.48 bits per heavy atom. The average Bonchev–Trinajstić information content (AvgIpc) is 2.90. The lowest BCUT2D eigenvalue weighted by Gasteiger charge is -2.15. The Morgan fingerprint density at radius 3 is 2.86 bits per heavy atom. The van der Waals surface area contributed by atoms with Crippen molar-refractivity contribution >= 4 is 5.91 Å². The summed E-state index contributed by atoms with van der Waals surface area (Å²) in [6, 6.07) is 4.87. The van der Waals surface area contributed by atoms with Gasteiger partial charge in [0, 0.05) is 12.1 Å². The van der Waals surface area contributed by atoms with Crippen LogP contribution in [0.4, 0.5) is 4.39 Å². The molecule has 1 unspecified atom stereocenters. The van der Waals surface area contributed by atoms with Crippen LogP contribution in [-0.2, 0) is 11.2 Å². The first kappa shape index (κ1) is 15.8. The van der Waals surface area contributed by atoms with Gasteiger partial charge in [0.25, 0.3) is 5.91 Å². The van der Waals surface area contributed by atoms with E-state index in [0.29, 0.717) is 12.0 Å². The number of hydrogen-bond acceptors (Lipinski definition) is 3. The van der Waals surface area contributed by atoms with E-state index in [1.54, 1.807) is 12.1 Å². The molecule has 1 aromatic rings. The molecule has 0 saturated heterocycles. The highest BCUT2D eigenvalue weighted by atomic mass is 19.1. The molecule has 4 nitrogen and oxygen atoms in total. The molecule has 1 saturated carbocycles. The SMILES string of the molecule is CC(N)Cc1cccc(F)c1OCC(=O)NC1CCCC1. The summed E-state index contributed by atoms with van der Waals surface area (Å²) in [4.78, 5) is 11.8. The van der Waals surface area contributed by atoms with Gasteiger partial charge in [-0.1, -0.05) is 25.0 Å². The zero-order valence-electron chi connectivity index (χ0n) is 12.4. The first-order valence-electron chi connectivity index (χ1n) is 7.51. The second kappa shape index (κ2) is 7.41. The molecule has 116 valence electrons. The molecule has 1 fully saturated rings. The molecular formula is C16H23FN2O2. The highest BCUT2D eigenvalue weighted by Crippen LogP contribution is 2.24. The summed E-state index contributed by atoms with van der Waals surface area (Å²) >= 11 is 0. The van der Waals surface area contributed by atoms with Gasteiger partial charge in [-0.05, 0) is 37.8 Å². The molecule has 2 rings (SSSR count). The molecule has 0 spiro atoms. The number of carbonyl (C=O) groups is 1. The smallest absolute Gasteiger partial charge is 0.258 e. The van der Waals surface area contributed by atoms with E-state index in [4.69, 9.17) is 10.5 Å². The molecule has 1 aliphatic carbocycles. The first-order valence-corrected chi connectivity index (χ1v) is 7.51. The standard InChI is InChI=1S/C16H23FN2O2/c1-11(18)9-12-5-4-8-14(17)16(12)21-10-15(20)19-13-6-2-3-7-13/h4-5,8,11,13H,2-3,6-7,9-10,18H2,1H3,(H,19,20). The number of nitrogens with two attached hydrogens (primary N) is 1. The van der Waals surface area contributed by atoms with E-state index in [2.05, 4.69) is 5.32 Å². The Bertz CT molecular complexity index is 485. The summed E-state index contributed by atoms with van der Waals surface area (Å²) < 4.78 is 19.3. The fraction of sp³-hybridized carbons (Fsp3) is 0.562. The van der Waals surface area contributed by atoms with Crippen molar-refractivity contribution in [2.24, 2.45) is 5.73 Å². The van der Waals surface area contributed by atoms with Crippen molar-refractivity contribution in [3.05, 3.63) is 29.6 Å². The highest BCUT2D eigenvalue weighted by Gasteiger charge is 2.18. The van der Waals surface area contributed by atoms with Gasteiger partial charge in [0.1, 0.15) is 0 Å². The quantitative estimate of drug-likeness (QED) is 0.845. The van der Waals surface area contributed by atoms with E-state index in [-0.39, 0.29) is 30.3 Å². The van der Waals surface area contributed by atoms with Crippen LogP contribution in [0.15, 0.2) is 18.2 Å². The average molecular weight is 294 g/mol. The van der Waals surface area contributed by atoms with E-state index in [1.807, 2.05) is 6.92 Å². The maximum Gasteiger partial charge on any atom is 0.258 e. The van der Waals surface area contributed by atoms with Gasteiger partial charge in [-0.3, -0.25) is 4.79 Å². The monoisotopic (exact) mass is 294 g/mol. The molecule has 1 amide bonds. The molecule has 0 radical (unpaired) electrons. The summed E-state index contributed by atoms with van der Waals surface area (Å²) in [6.07, 6.45) is 4.84. The summed E-state index contributed by atoms with van der Waals surface area (Å²) in [5.74, 6) is -0.518. The fourth-order valence-corrected chi connectivity index (χ4v) is 2.70. The van der Waals surface area contributed by atoms with Crippen LogP contribution in [0.5, 0.6) is 5.75 Å². The number of amides is 1. The summed E-state index contributed by atoms with van der Waals surface area (Å²) in [5, 5.41) is 2.92. The third kappa shape index (κ3) is 4.70. The normalized spacial score (nSPS) is 16.7. The highest BCUT2D eigenvalue weighted by molar-refractivity contribution is 5.77. The number of rotatable bonds is 6. The second-order valence-electron chi connectivity index (χ2n) is 5.75. The Kier molecular flexibility index (Phi) is 5.56. The number of ether oxygens (including phenoxy) is 1. The van der Waals surface area contributed by atoms with Crippen molar-refractivity contribution in [2.75, 3.05) is 6.61 Å². The minimum absolute atomic E-state index is 0.0959. The van der Waals surface area contributed by atoms with E-state index in [1.165, 1.54) is 6.07 Å². The topological polar surface area (TPSA) is 64.3 Å². The van der Waals surface area contributed by atoms with Crippen LogP contribution in [0.3, 0.4) is 0 Å². The third-order valence-electron chi connectivity index (χ3n) is 3.66. The Balaban J connectivity index is 1.93. The van der Waals surface area contributed by atoms with Gasteiger partial charge in [0.2, 0.25) is 0 Å². The Labute approximate surface area is 124 Å². The lowest BCUT2D eigenvalue weighted by molar-refractivity contribution is -0.123. The number of hydrogen-bond donors (Lipinski definition) is 2. The lowest BCUT2D eigenvalue weighted by atomic mass is 10.1. The molecule has 1 atom stereocenters. The van der Waals surface area contributed by atoms with Gasteiger partial charge >= 0.3 is 0 Å². The number of nitrogens with one attached hydrogen (secondary N) is 1. The maximum absolute atomic E-state index is 13.9. The third-order valence-corrected chi connectivity index (χ3v) is 3.66. The van der Waals surface area contributed by atoms with Crippen LogP contribution in [0.1, 0.15) is 38.2 Å². The zero-order chi connectivity index (χ0) is 15.2. The van der Waals surface area contributed by atoms with Crippen molar-refractivity contribution in [1.29, 1.82) is 0 Å². The minimum Gasteiger partial charge on any atom is -0.480 e. The molecular weight excluding hydrogens is 271 g/mol. The van der Waals surface area contributed by atoms with Crippen molar-refractivity contribution < 1.29 is 13.9 Å². The van der Waals surface area contributed by atoms with E-state index in [0.717, 1.165) is 25.7 Å². The molecule has 0 aromatic heterocycles. The van der Waals surface area contributed by atoms with Crippen molar-refractivity contribution in [3.63, 3.8) is 0 Å². The summed E-state index contributed by atoms with van der Waals surface area (Å²) in [5.41, 5.74) is 6.44. The van der Waals surface area contributed by atoms with E-state index in [9.17, 15) is 9.18 Å². The molecule has 0 heterocycles. The van der Waals surface area contributed by atoms with Crippen molar-refractivity contribution in [3.8, 4) is 5.75 Å². The lowest BCUT2D eigenvalue weighted by Crippen LogP contribution is -2.36. The number of para-hydroxylation sites is 1. The molecule has 21 heavy (non-hydrogen) atoms. The van der Waals surface area contributed by atoms with Crippen LogP contribution >= 0.6 is 0 Å². The van der Waals surface area contributed by atoms with Gasteiger partial charge < -0.3 is 15.8 Å². The fourth-order valence-electron chi connectivity index (χ4n) is 2.70. The van der Waals surface area contributed by atoms with E-state index >= 15 is 0 Å². The molecule has 1 aromatic carbocycles. The van der Waals surface area contributed by atoms with Gasteiger partial charge in [-0.15, -0.1) is 0 Å². The predicted molar refractivity (Wildman–Crippen MR) is 79.6 cm³/mol. The van der Waals surface area contributed by atoms with Crippen LogP contribution < -0.4 is 15.8 Å². The molecule has 0 bridgehead atoms. The summed E-state index contributed by atoms with van der Waals surface area (Å²) in [7, 11) is 0. The summed E-state index contributed by atoms with van der Waals surface area (Å²) in [6.45, 7) is 1.69. The van der Waals surface area contributed by atoms with Crippen LogP contribution in [0.2, 0.25) is 0 Å². The minimum atomic E-state index is -0.457.